The molecule has 1 fully saturated rings. The second-order valence-corrected chi connectivity index (χ2v) is 8.21. The van der Waals surface area contributed by atoms with Crippen LogP contribution in [0.2, 0.25) is 0 Å². The van der Waals surface area contributed by atoms with E-state index in [4.69, 9.17) is 4.74 Å². The Kier molecular flexibility index (Phi) is 4.70. The lowest BCUT2D eigenvalue weighted by Crippen LogP contribution is -2.36. The highest BCUT2D eigenvalue weighted by Gasteiger charge is 2.26. The summed E-state index contributed by atoms with van der Waals surface area (Å²) in [6, 6.07) is 4.54. The van der Waals surface area contributed by atoms with Crippen LogP contribution in [-0.2, 0) is 16.7 Å². The molecule has 0 spiro atoms. The average Bonchev–Trinajstić information content (AvgIpc) is 2.78. The first kappa shape index (κ1) is 15.0. The van der Waals surface area contributed by atoms with Crippen molar-refractivity contribution in [3.05, 3.63) is 21.9 Å². The van der Waals surface area contributed by atoms with Crippen LogP contribution >= 0.6 is 11.3 Å². The fourth-order valence-electron chi connectivity index (χ4n) is 2.40. The lowest BCUT2D eigenvalue weighted by molar-refractivity contribution is 0.0240. The topological polar surface area (TPSA) is 21.3 Å². The van der Waals surface area contributed by atoms with Gasteiger partial charge in [-0.2, -0.15) is 0 Å². The first-order chi connectivity index (χ1) is 8.89. The Hall–Kier alpha value is -0.380. The Morgan fingerprint density at radius 3 is 2.53 bits per heavy atom. The molecule has 1 aliphatic rings. The minimum atomic E-state index is 0.273. The van der Waals surface area contributed by atoms with E-state index in [0.717, 1.165) is 26.3 Å². The molecule has 0 atom stereocenters. The highest BCUT2D eigenvalue weighted by atomic mass is 32.1. The fourth-order valence-corrected chi connectivity index (χ4v) is 3.44. The molecule has 3 heteroatoms. The Morgan fingerprint density at radius 2 is 1.95 bits per heavy atom. The summed E-state index contributed by atoms with van der Waals surface area (Å²) < 4.78 is 5.44. The fraction of sp³-hybridized carbons (Fsp3) is 0.750. The SMILES string of the molecule is CC1(CNCc2ccc(C(C)(C)C)s2)CCOCC1. The van der Waals surface area contributed by atoms with E-state index in [1.54, 1.807) is 0 Å². The number of nitrogens with one attached hydrogen (secondary N) is 1. The number of hydrogen-bond acceptors (Lipinski definition) is 3. The van der Waals surface area contributed by atoms with Crippen LogP contribution in [0.4, 0.5) is 0 Å². The first-order valence-corrected chi connectivity index (χ1v) is 8.08. The Balaban J connectivity index is 1.81. The van der Waals surface area contributed by atoms with E-state index < -0.39 is 0 Å². The average molecular weight is 281 g/mol. The van der Waals surface area contributed by atoms with Crippen molar-refractivity contribution < 1.29 is 4.74 Å². The van der Waals surface area contributed by atoms with Crippen LogP contribution < -0.4 is 5.32 Å². The molecular weight excluding hydrogens is 254 g/mol. The van der Waals surface area contributed by atoms with Gasteiger partial charge < -0.3 is 10.1 Å². The van der Waals surface area contributed by atoms with Gasteiger partial charge in [0.05, 0.1) is 0 Å². The number of hydrogen-bond donors (Lipinski definition) is 1. The maximum Gasteiger partial charge on any atom is 0.0471 e. The normalized spacial score (nSPS) is 19.6. The summed E-state index contributed by atoms with van der Waals surface area (Å²) in [5, 5.41) is 3.63. The van der Waals surface area contributed by atoms with Crippen LogP contribution in [0.5, 0.6) is 0 Å². The Morgan fingerprint density at radius 1 is 1.26 bits per heavy atom. The third-order valence-corrected chi connectivity index (χ3v) is 5.46. The van der Waals surface area contributed by atoms with Crippen LogP contribution in [0.3, 0.4) is 0 Å². The molecule has 0 saturated carbocycles. The van der Waals surface area contributed by atoms with Gasteiger partial charge >= 0.3 is 0 Å². The molecule has 0 aliphatic carbocycles. The number of thiophene rings is 1. The zero-order valence-electron chi connectivity index (χ0n) is 12.7. The van der Waals surface area contributed by atoms with Crippen LogP contribution in [0.1, 0.15) is 50.3 Å². The van der Waals surface area contributed by atoms with E-state index in [-0.39, 0.29) is 5.41 Å². The van der Waals surface area contributed by atoms with Crippen LogP contribution in [0, 0.1) is 5.41 Å². The molecule has 1 aromatic heterocycles. The van der Waals surface area contributed by atoms with E-state index in [0.29, 0.717) is 5.41 Å². The van der Waals surface area contributed by atoms with Gasteiger partial charge in [0.1, 0.15) is 0 Å². The number of ether oxygens (including phenoxy) is 1. The van der Waals surface area contributed by atoms with Crippen molar-refractivity contribution in [1.82, 2.24) is 5.32 Å². The monoisotopic (exact) mass is 281 g/mol. The summed E-state index contributed by atoms with van der Waals surface area (Å²) in [6.45, 7) is 13.1. The van der Waals surface area contributed by atoms with Gasteiger partial charge in [0, 0.05) is 36.1 Å². The van der Waals surface area contributed by atoms with Gasteiger partial charge in [-0.1, -0.05) is 27.7 Å². The summed E-state index contributed by atoms with van der Waals surface area (Å²) in [7, 11) is 0. The van der Waals surface area contributed by atoms with E-state index >= 15 is 0 Å². The lowest BCUT2D eigenvalue weighted by atomic mass is 9.82. The molecule has 1 aromatic rings. The van der Waals surface area contributed by atoms with Gasteiger partial charge in [-0.15, -0.1) is 11.3 Å². The van der Waals surface area contributed by atoms with Gasteiger partial charge in [0.2, 0.25) is 0 Å². The highest BCUT2D eigenvalue weighted by Crippen LogP contribution is 2.31. The zero-order valence-corrected chi connectivity index (χ0v) is 13.5. The zero-order chi connectivity index (χ0) is 13.9. The molecule has 0 bridgehead atoms. The van der Waals surface area contributed by atoms with Crippen LogP contribution in [0.15, 0.2) is 12.1 Å². The molecule has 0 radical (unpaired) electrons. The smallest absolute Gasteiger partial charge is 0.0471 e. The second-order valence-electron chi connectivity index (χ2n) is 7.04. The standard InChI is InChI=1S/C16H27NOS/c1-15(2,3)14-6-5-13(19-14)11-17-12-16(4)7-9-18-10-8-16/h5-6,17H,7-12H2,1-4H3. The van der Waals surface area contributed by atoms with E-state index in [1.165, 1.54) is 22.6 Å². The third-order valence-electron chi connectivity index (χ3n) is 3.95. The van der Waals surface area contributed by atoms with Crippen LogP contribution in [-0.4, -0.2) is 19.8 Å². The summed E-state index contributed by atoms with van der Waals surface area (Å²) in [5.74, 6) is 0. The van der Waals surface area contributed by atoms with Crippen LogP contribution in [0.25, 0.3) is 0 Å². The van der Waals surface area contributed by atoms with Gasteiger partial charge in [0.15, 0.2) is 0 Å². The minimum Gasteiger partial charge on any atom is -0.381 e. The molecule has 1 aliphatic heterocycles. The van der Waals surface area contributed by atoms with Crippen molar-refractivity contribution in [2.75, 3.05) is 19.8 Å². The summed E-state index contributed by atoms with van der Waals surface area (Å²) in [6.07, 6.45) is 2.36. The largest absolute Gasteiger partial charge is 0.381 e. The Labute approximate surface area is 121 Å². The van der Waals surface area contributed by atoms with Gasteiger partial charge in [-0.25, -0.2) is 0 Å². The van der Waals surface area contributed by atoms with Crippen molar-refractivity contribution in [1.29, 1.82) is 0 Å². The molecule has 108 valence electrons. The van der Waals surface area contributed by atoms with Gasteiger partial charge in [-0.05, 0) is 35.8 Å². The van der Waals surface area contributed by atoms with E-state index in [2.05, 4.69) is 45.1 Å². The Bertz CT molecular complexity index is 399. The summed E-state index contributed by atoms with van der Waals surface area (Å²) in [4.78, 5) is 2.92. The quantitative estimate of drug-likeness (QED) is 0.902. The molecule has 2 rings (SSSR count). The van der Waals surface area contributed by atoms with Crippen molar-refractivity contribution in [3.8, 4) is 0 Å². The van der Waals surface area contributed by atoms with Gasteiger partial charge in [0.25, 0.3) is 0 Å². The summed E-state index contributed by atoms with van der Waals surface area (Å²) >= 11 is 1.94. The molecule has 19 heavy (non-hydrogen) atoms. The first-order valence-electron chi connectivity index (χ1n) is 7.27. The highest BCUT2D eigenvalue weighted by molar-refractivity contribution is 7.12. The van der Waals surface area contributed by atoms with Gasteiger partial charge in [-0.3, -0.25) is 0 Å². The van der Waals surface area contributed by atoms with E-state index in [9.17, 15) is 0 Å². The molecule has 0 amide bonds. The molecule has 0 aromatic carbocycles. The maximum atomic E-state index is 5.44. The van der Waals surface area contributed by atoms with Crippen molar-refractivity contribution in [3.63, 3.8) is 0 Å². The molecule has 1 saturated heterocycles. The predicted octanol–water partition coefficient (Wildman–Crippen LogP) is 3.95. The molecular formula is C16H27NOS. The maximum absolute atomic E-state index is 5.44. The summed E-state index contributed by atoms with van der Waals surface area (Å²) in [5.41, 5.74) is 0.692. The minimum absolute atomic E-state index is 0.273. The van der Waals surface area contributed by atoms with Crippen molar-refractivity contribution in [2.45, 2.75) is 52.5 Å². The van der Waals surface area contributed by atoms with Crippen molar-refractivity contribution in [2.24, 2.45) is 5.41 Å². The van der Waals surface area contributed by atoms with E-state index in [1.807, 2.05) is 11.3 Å². The second kappa shape index (κ2) is 5.94. The molecule has 2 nitrogen and oxygen atoms in total. The molecule has 1 N–H and O–H groups in total. The molecule has 0 unspecified atom stereocenters. The van der Waals surface area contributed by atoms with Crippen molar-refractivity contribution >= 4 is 11.3 Å². The predicted molar refractivity (Wildman–Crippen MR) is 82.9 cm³/mol. The lowest BCUT2D eigenvalue weighted by Gasteiger charge is -2.33. The molecule has 2 heterocycles. The third kappa shape index (κ3) is 4.30. The number of rotatable bonds is 4.